The predicted molar refractivity (Wildman–Crippen MR) is 142 cm³/mol. The molecule has 2 aliphatic carbocycles. The number of hydrogen-bond donors (Lipinski definition) is 0. The van der Waals surface area contributed by atoms with E-state index in [0.717, 1.165) is 60.2 Å². The second kappa shape index (κ2) is 12.5. The van der Waals surface area contributed by atoms with E-state index in [1.54, 1.807) is 0 Å². The lowest BCUT2D eigenvalue weighted by atomic mass is 9.68. The first-order valence-corrected chi connectivity index (χ1v) is 15.6. The Morgan fingerprint density at radius 3 is 1.91 bits per heavy atom. The summed E-state index contributed by atoms with van der Waals surface area (Å²) in [5.74, 6) is 3.27. The number of thioether (sulfide) groups is 2. The molecular weight excluding hydrogens is 512 g/mol. The van der Waals surface area contributed by atoms with E-state index in [0.29, 0.717) is 11.5 Å². The van der Waals surface area contributed by atoms with Gasteiger partial charge in [0.2, 0.25) is 0 Å². The van der Waals surface area contributed by atoms with Gasteiger partial charge in [-0.2, -0.15) is 8.78 Å². The van der Waals surface area contributed by atoms with Crippen LogP contribution in [0.1, 0.15) is 88.2 Å². The van der Waals surface area contributed by atoms with Crippen LogP contribution in [-0.2, 0) is 5.38 Å². The first-order chi connectivity index (χ1) is 16.8. The summed E-state index contributed by atoms with van der Waals surface area (Å²) in [7, 11) is 0. The van der Waals surface area contributed by atoms with Crippen LogP contribution in [0.2, 0.25) is 0 Å². The molecule has 1 aliphatic heterocycles. The van der Waals surface area contributed by atoms with E-state index in [4.69, 9.17) is 11.6 Å². The van der Waals surface area contributed by atoms with Crippen molar-refractivity contribution in [2.45, 2.75) is 87.0 Å². The molecule has 0 radical (unpaired) electrons. The molecule has 0 nitrogen and oxygen atoms in total. The minimum Gasteiger partial charge on any atom is -0.206 e. The van der Waals surface area contributed by atoms with Crippen LogP contribution in [0.5, 0.6) is 0 Å². The molecule has 4 rings (SSSR count). The smallest absolute Gasteiger partial charge is 0.206 e. The van der Waals surface area contributed by atoms with Gasteiger partial charge in [-0.25, -0.2) is 8.78 Å². The topological polar surface area (TPSA) is 0 Å². The Bertz CT molecular complexity index is 824. The zero-order valence-electron chi connectivity index (χ0n) is 20.5. The van der Waals surface area contributed by atoms with Gasteiger partial charge in [0, 0.05) is 0 Å². The van der Waals surface area contributed by atoms with Crippen LogP contribution in [-0.4, -0.2) is 16.1 Å². The summed E-state index contributed by atoms with van der Waals surface area (Å²) in [4.78, 5) is 0. The summed E-state index contributed by atoms with van der Waals surface area (Å²) >= 11 is 9.28. The zero-order chi connectivity index (χ0) is 25.0. The van der Waals surface area contributed by atoms with Crippen molar-refractivity contribution in [2.75, 3.05) is 11.5 Å². The van der Waals surface area contributed by atoms with Crippen molar-refractivity contribution in [3.05, 3.63) is 47.0 Å². The van der Waals surface area contributed by atoms with E-state index in [1.807, 2.05) is 0 Å². The van der Waals surface area contributed by atoms with Gasteiger partial charge in [0.05, 0.1) is 4.58 Å². The van der Waals surface area contributed by atoms with Gasteiger partial charge in [-0.15, -0.1) is 23.5 Å². The van der Waals surface area contributed by atoms with Gasteiger partial charge in [-0.3, -0.25) is 0 Å². The summed E-state index contributed by atoms with van der Waals surface area (Å²) in [5.41, 5.74) is -0.853. The fraction of sp³-hybridized carbons (Fsp3) is 0.714. The lowest BCUT2D eigenvalue weighted by Crippen LogP contribution is -2.30. The van der Waals surface area contributed by atoms with Crippen LogP contribution in [0.3, 0.4) is 0 Å². The van der Waals surface area contributed by atoms with E-state index < -0.39 is 22.6 Å². The summed E-state index contributed by atoms with van der Waals surface area (Å²) in [5, 5.41) is -4.04. The van der Waals surface area contributed by atoms with Crippen LogP contribution in [0.15, 0.2) is 24.3 Å². The number of rotatable bonds is 7. The van der Waals surface area contributed by atoms with Crippen molar-refractivity contribution in [3.8, 4) is 0 Å². The molecular formula is C28H37ClF4S2. The molecule has 0 atom stereocenters. The van der Waals surface area contributed by atoms with Gasteiger partial charge in [-0.05, 0) is 142 Å². The Balaban J connectivity index is 1.22. The summed E-state index contributed by atoms with van der Waals surface area (Å²) in [6, 6.07) is 2.13. The van der Waals surface area contributed by atoms with Crippen molar-refractivity contribution in [3.63, 3.8) is 0 Å². The van der Waals surface area contributed by atoms with Gasteiger partial charge in [0.25, 0.3) is 0 Å². The second-order valence-corrected chi connectivity index (χ2v) is 13.8. The lowest BCUT2D eigenvalue weighted by Gasteiger charge is -2.41. The molecule has 35 heavy (non-hydrogen) atoms. The van der Waals surface area contributed by atoms with Crippen LogP contribution >= 0.6 is 35.1 Å². The quantitative estimate of drug-likeness (QED) is 0.189. The van der Waals surface area contributed by atoms with Crippen molar-refractivity contribution >= 4 is 35.1 Å². The maximum absolute atomic E-state index is 14.2. The molecule has 1 aromatic carbocycles. The molecule has 196 valence electrons. The van der Waals surface area contributed by atoms with Crippen LogP contribution in [0.25, 0.3) is 0 Å². The number of benzene rings is 1. The Labute approximate surface area is 221 Å². The molecule has 0 aromatic heterocycles. The van der Waals surface area contributed by atoms with Crippen molar-refractivity contribution < 1.29 is 17.6 Å². The Kier molecular flexibility index (Phi) is 9.87. The Morgan fingerprint density at radius 2 is 1.40 bits per heavy atom. The van der Waals surface area contributed by atoms with E-state index in [1.165, 1.54) is 50.0 Å². The molecule has 3 aliphatic rings. The number of alkyl halides is 3. The fourth-order valence-electron chi connectivity index (χ4n) is 6.41. The molecule has 1 heterocycles. The fourth-order valence-corrected chi connectivity index (χ4v) is 10.2. The molecule has 0 unspecified atom stereocenters. The monoisotopic (exact) mass is 548 g/mol. The van der Waals surface area contributed by atoms with Crippen molar-refractivity contribution in [1.82, 2.24) is 0 Å². The molecule has 1 saturated heterocycles. The first kappa shape index (κ1) is 27.7. The van der Waals surface area contributed by atoms with Crippen molar-refractivity contribution in [1.29, 1.82) is 0 Å². The number of halogens is 5. The largest absolute Gasteiger partial charge is 0.353 e. The lowest BCUT2D eigenvalue weighted by molar-refractivity contribution is 0.0857. The zero-order valence-corrected chi connectivity index (χ0v) is 22.9. The van der Waals surface area contributed by atoms with E-state index in [-0.39, 0.29) is 5.92 Å². The number of hydrogen-bond acceptors (Lipinski definition) is 2. The molecule has 0 amide bonds. The Hall–Kier alpha value is -0.330. The van der Waals surface area contributed by atoms with Gasteiger partial charge in [0.1, 0.15) is 17.2 Å². The number of allylic oxidation sites excluding steroid dienone is 2. The highest BCUT2D eigenvalue weighted by Crippen LogP contribution is 2.49. The normalized spacial score (nSPS) is 32.7. The first-order valence-electron chi connectivity index (χ1n) is 13.2. The molecule has 1 aromatic rings. The maximum atomic E-state index is 14.2. The highest BCUT2D eigenvalue weighted by atomic mass is 35.5. The molecule has 7 heteroatoms. The highest BCUT2D eigenvalue weighted by molar-refractivity contribution is 8.17. The predicted octanol–water partition coefficient (Wildman–Crippen LogP) is 10.1. The van der Waals surface area contributed by atoms with Gasteiger partial charge in [0.15, 0.2) is 0 Å². The maximum Gasteiger partial charge on any atom is 0.353 e. The van der Waals surface area contributed by atoms with E-state index >= 15 is 0 Å². The summed E-state index contributed by atoms with van der Waals surface area (Å²) in [6.07, 6.45) is 16.0. The average Bonchev–Trinajstić information content (AvgIpc) is 2.84. The molecule has 0 bridgehead atoms. The average molecular weight is 549 g/mol. The van der Waals surface area contributed by atoms with Crippen molar-refractivity contribution in [2.24, 2.45) is 23.7 Å². The molecule has 3 fully saturated rings. The third kappa shape index (κ3) is 7.16. The standard InChI is InChI=1S/C28H37ClF4S2/c1-2-3-4-5-18-16-34-27(35-17-18)22-12-10-20(11-13-22)19-6-8-21(9-7-19)23-14-24(30)26(25(31)15-23)28(29,32)33/h2-3,14-15,18-22,27H,4-13,16-17H2,1H3. The Morgan fingerprint density at radius 1 is 0.886 bits per heavy atom. The molecule has 0 spiro atoms. The highest BCUT2D eigenvalue weighted by Gasteiger charge is 2.38. The van der Waals surface area contributed by atoms with Crippen LogP contribution < -0.4 is 0 Å². The third-order valence-electron chi connectivity index (χ3n) is 8.43. The summed E-state index contributed by atoms with van der Waals surface area (Å²) in [6.45, 7) is 2.09. The van der Waals surface area contributed by atoms with Gasteiger partial charge >= 0.3 is 5.38 Å². The van der Waals surface area contributed by atoms with E-state index in [2.05, 4.69) is 42.6 Å². The van der Waals surface area contributed by atoms with E-state index in [9.17, 15) is 17.6 Å². The second-order valence-electron chi connectivity index (χ2n) is 10.7. The molecule has 2 saturated carbocycles. The van der Waals surface area contributed by atoms with Gasteiger partial charge < -0.3 is 0 Å². The minimum atomic E-state index is -4.04. The van der Waals surface area contributed by atoms with Gasteiger partial charge in [-0.1, -0.05) is 12.2 Å². The SMILES string of the molecule is CC=CCCC1CSC(C2CCC(C3CCC(c4cc(F)c(C(F)(F)Cl)c(F)c4)CC3)CC2)SC1. The molecule has 0 N–H and O–H groups in total. The van der Waals surface area contributed by atoms with Crippen LogP contribution in [0.4, 0.5) is 17.6 Å². The van der Waals surface area contributed by atoms with Crippen LogP contribution in [0, 0.1) is 35.3 Å². The summed E-state index contributed by atoms with van der Waals surface area (Å²) < 4.78 is 55.8. The third-order valence-corrected chi connectivity index (χ3v) is 12.2. The minimum absolute atomic E-state index is 0.0281.